The predicted molar refractivity (Wildman–Crippen MR) is 138 cm³/mol. The van der Waals surface area contributed by atoms with Gasteiger partial charge in [-0.15, -0.1) is 0 Å². The van der Waals surface area contributed by atoms with Crippen molar-refractivity contribution in [2.75, 3.05) is 14.2 Å². The third-order valence-electron chi connectivity index (χ3n) is 7.60. The first kappa shape index (κ1) is 25.2. The summed E-state index contributed by atoms with van der Waals surface area (Å²) in [4.78, 5) is 15.1. The lowest BCUT2D eigenvalue weighted by molar-refractivity contribution is -0.128. The standard InChI is InChI=1S/C26H31NO7S2/c1-32-21-12-18(13-22(14-21)33-2)23-10-9-20(34-23)15-24-25(28)27(26(35-24)36(29,30)31)19-8-7-16-5-3-4-6-17(16)11-19/h9-10,12-17,19,26H,3-8,11H2,1-2H3,(H,29,30,31). The Morgan fingerprint density at radius 2 is 1.72 bits per heavy atom. The number of hydrogen-bond donors (Lipinski definition) is 1. The number of ether oxygens (including phenoxy) is 2. The Morgan fingerprint density at radius 1 is 1.03 bits per heavy atom. The first-order chi connectivity index (χ1) is 17.3. The van der Waals surface area contributed by atoms with Crippen LogP contribution in [0.4, 0.5) is 0 Å². The van der Waals surface area contributed by atoms with Crippen LogP contribution in [-0.2, 0) is 14.9 Å². The molecular weight excluding hydrogens is 502 g/mol. The molecule has 2 aromatic rings. The molecule has 4 atom stereocenters. The van der Waals surface area contributed by atoms with Gasteiger partial charge in [0.15, 0.2) is 0 Å². The molecule has 1 amide bonds. The van der Waals surface area contributed by atoms with Gasteiger partial charge < -0.3 is 18.8 Å². The van der Waals surface area contributed by atoms with Crippen molar-refractivity contribution in [3.63, 3.8) is 0 Å². The number of carbonyl (C=O) groups is 1. The Morgan fingerprint density at radius 3 is 2.39 bits per heavy atom. The van der Waals surface area contributed by atoms with E-state index in [-0.39, 0.29) is 16.9 Å². The van der Waals surface area contributed by atoms with Crippen LogP contribution in [0.2, 0.25) is 0 Å². The second-order valence-electron chi connectivity index (χ2n) is 9.74. The minimum atomic E-state index is -4.47. The van der Waals surface area contributed by atoms with Gasteiger partial charge in [0.2, 0.25) is 4.71 Å². The molecule has 1 aromatic heterocycles. The maximum atomic E-state index is 13.5. The molecule has 5 rings (SSSR count). The van der Waals surface area contributed by atoms with Crippen molar-refractivity contribution >= 4 is 33.9 Å². The lowest BCUT2D eigenvalue weighted by Gasteiger charge is -2.43. The summed E-state index contributed by atoms with van der Waals surface area (Å²) in [5, 5.41) is 0. The summed E-state index contributed by atoms with van der Waals surface area (Å²) in [6.45, 7) is 0. The Bertz CT molecular complexity index is 1250. The smallest absolute Gasteiger partial charge is 0.296 e. The number of thioether (sulfide) groups is 1. The summed E-state index contributed by atoms with van der Waals surface area (Å²) in [7, 11) is -1.34. The molecule has 36 heavy (non-hydrogen) atoms. The van der Waals surface area contributed by atoms with Gasteiger partial charge in [-0.05, 0) is 55.4 Å². The fourth-order valence-corrected chi connectivity index (χ4v) is 8.18. The summed E-state index contributed by atoms with van der Waals surface area (Å²) in [5.41, 5.74) is 0.739. The second-order valence-corrected chi connectivity index (χ2v) is 12.6. The number of methoxy groups -OCH3 is 2. The fraction of sp³-hybridized carbons (Fsp3) is 0.500. The molecule has 0 spiro atoms. The maximum Gasteiger partial charge on any atom is 0.296 e. The van der Waals surface area contributed by atoms with Crippen molar-refractivity contribution in [1.29, 1.82) is 0 Å². The summed E-state index contributed by atoms with van der Waals surface area (Å²) in [6, 6.07) is 8.68. The van der Waals surface area contributed by atoms with E-state index in [4.69, 9.17) is 13.9 Å². The van der Waals surface area contributed by atoms with E-state index in [1.165, 1.54) is 24.2 Å². The molecule has 4 unspecified atom stereocenters. The lowest BCUT2D eigenvalue weighted by Crippen LogP contribution is -2.48. The molecular formula is C26H31NO7S2. The molecule has 1 N–H and O–H groups in total. The van der Waals surface area contributed by atoms with Crippen LogP contribution in [0, 0.1) is 11.8 Å². The number of rotatable bonds is 6. The molecule has 1 saturated heterocycles. The van der Waals surface area contributed by atoms with Gasteiger partial charge >= 0.3 is 0 Å². The van der Waals surface area contributed by atoms with E-state index in [9.17, 15) is 17.8 Å². The average molecular weight is 534 g/mol. The summed E-state index contributed by atoms with van der Waals surface area (Å²) in [5.74, 6) is 2.99. The topological polar surface area (TPSA) is 106 Å². The predicted octanol–water partition coefficient (Wildman–Crippen LogP) is 5.41. The van der Waals surface area contributed by atoms with Crippen molar-refractivity contribution in [3.05, 3.63) is 41.0 Å². The molecule has 3 aliphatic rings. The van der Waals surface area contributed by atoms with E-state index < -0.39 is 14.8 Å². The molecule has 3 fully saturated rings. The van der Waals surface area contributed by atoms with E-state index in [1.54, 1.807) is 38.5 Å². The first-order valence-electron chi connectivity index (χ1n) is 12.3. The molecule has 8 nitrogen and oxygen atoms in total. The van der Waals surface area contributed by atoms with Crippen molar-refractivity contribution in [2.45, 2.75) is 55.7 Å². The monoisotopic (exact) mass is 533 g/mol. The molecule has 2 heterocycles. The van der Waals surface area contributed by atoms with Crippen LogP contribution in [0.1, 0.15) is 50.7 Å². The Hall–Kier alpha value is -2.43. The van der Waals surface area contributed by atoms with Gasteiger partial charge in [-0.3, -0.25) is 9.35 Å². The number of fused-ring (bicyclic) bond motifs is 1. The molecule has 1 aromatic carbocycles. The van der Waals surface area contributed by atoms with E-state index in [1.807, 2.05) is 12.1 Å². The van der Waals surface area contributed by atoms with Gasteiger partial charge in [0.1, 0.15) is 23.0 Å². The lowest BCUT2D eigenvalue weighted by atomic mass is 9.69. The minimum absolute atomic E-state index is 0.196. The molecule has 2 aliphatic carbocycles. The number of amides is 1. The van der Waals surface area contributed by atoms with Crippen molar-refractivity contribution in [1.82, 2.24) is 4.90 Å². The number of carbonyl (C=O) groups excluding carboxylic acids is 1. The van der Waals surface area contributed by atoms with E-state index >= 15 is 0 Å². The highest BCUT2D eigenvalue weighted by Crippen LogP contribution is 2.47. The normalized spacial score (nSPS) is 27.8. The Labute approximate surface area is 215 Å². The zero-order valence-electron chi connectivity index (χ0n) is 20.4. The maximum absolute atomic E-state index is 13.5. The summed E-state index contributed by atoms with van der Waals surface area (Å²) in [6.07, 6.45) is 8.87. The third-order valence-corrected chi connectivity index (χ3v) is 10.3. The average Bonchev–Trinajstić information content (AvgIpc) is 3.48. The molecule has 10 heteroatoms. The second kappa shape index (κ2) is 10.1. The van der Waals surface area contributed by atoms with Crippen LogP contribution >= 0.6 is 11.8 Å². The summed E-state index contributed by atoms with van der Waals surface area (Å²) >= 11 is 0.868. The van der Waals surface area contributed by atoms with E-state index in [2.05, 4.69) is 0 Å². The van der Waals surface area contributed by atoms with Gasteiger partial charge in [0, 0.05) is 23.7 Å². The van der Waals surface area contributed by atoms with Gasteiger partial charge in [-0.25, -0.2) is 0 Å². The highest BCUT2D eigenvalue weighted by atomic mass is 32.3. The van der Waals surface area contributed by atoms with Crippen molar-refractivity contribution in [3.8, 4) is 22.8 Å². The van der Waals surface area contributed by atoms with Gasteiger partial charge in [-0.2, -0.15) is 8.42 Å². The molecule has 0 radical (unpaired) electrons. The first-order valence-corrected chi connectivity index (χ1v) is 14.7. The van der Waals surface area contributed by atoms with Crippen molar-refractivity contribution < 1.29 is 31.7 Å². The van der Waals surface area contributed by atoms with Gasteiger partial charge in [0.25, 0.3) is 16.0 Å². The number of nitrogens with zero attached hydrogens (tertiary/aromatic N) is 1. The van der Waals surface area contributed by atoms with E-state index in [0.29, 0.717) is 34.9 Å². The Balaban J connectivity index is 1.41. The zero-order chi connectivity index (χ0) is 25.4. The SMILES string of the molecule is COc1cc(OC)cc(-c2ccc(C=C3SC(S(=O)(=O)O)N(C4CCC5CCCCC5C4)C3=O)o2)c1. The molecule has 0 bridgehead atoms. The quantitative estimate of drug-likeness (QED) is 0.388. The van der Waals surface area contributed by atoms with Crippen LogP contribution in [0.15, 0.2) is 39.7 Å². The molecule has 194 valence electrons. The highest BCUT2D eigenvalue weighted by molar-refractivity contribution is 8.15. The Kier molecular flexibility index (Phi) is 7.11. The largest absolute Gasteiger partial charge is 0.497 e. The van der Waals surface area contributed by atoms with E-state index in [0.717, 1.165) is 43.0 Å². The van der Waals surface area contributed by atoms with Crippen LogP contribution in [0.25, 0.3) is 17.4 Å². The van der Waals surface area contributed by atoms with Crippen LogP contribution < -0.4 is 9.47 Å². The fourth-order valence-electron chi connectivity index (χ4n) is 5.84. The number of hydrogen-bond acceptors (Lipinski definition) is 7. The van der Waals surface area contributed by atoms with Crippen LogP contribution in [0.5, 0.6) is 11.5 Å². The highest BCUT2D eigenvalue weighted by Gasteiger charge is 2.48. The third kappa shape index (κ3) is 5.03. The number of benzene rings is 1. The number of furan rings is 1. The molecule has 1 aliphatic heterocycles. The molecule has 2 saturated carbocycles. The van der Waals surface area contributed by atoms with Gasteiger partial charge in [0.05, 0.1) is 19.1 Å². The van der Waals surface area contributed by atoms with Crippen molar-refractivity contribution in [2.24, 2.45) is 11.8 Å². The zero-order valence-corrected chi connectivity index (χ0v) is 22.0. The van der Waals surface area contributed by atoms with Crippen LogP contribution in [-0.4, -0.2) is 48.7 Å². The van der Waals surface area contributed by atoms with Gasteiger partial charge in [-0.1, -0.05) is 37.4 Å². The minimum Gasteiger partial charge on any atom is -0.497 e. The summed E-state index contributed by atoms with van der Waals surface area (Å²) < 4.78 is 49.9. The van der Waals surface area contributed by atoms with Crippen LogP contribution in [0.3, 0.4) is 0 Å².